The SMILES string of the molecule is Cc1ccc(/C=C2\Oc3c(ccc(OC(=O)c4ccccc4)c3C)C2=O)cc1. The second-order valence-electron chi connectivity index (χ2n) is 6.67. The number of Topliss-reactive ketones (excluding diaryl/α,β-unsaturated/α-hetero) is 1. The fraction of sp³-hybridized carbons (Fsp3) is 0.0833. The number of rotatable bonds is 3. The van der Waals surface area contributed by atoms with Crippen LogP contribution >= 0.6 is 0 Å². The van der Waals surface area contributed by atoms with Crippen molar-refractivity contribution in [2.45, 2.75) is 13.8 Å². The molecule has 1 heterocycles. The van der Waals surface area contributed by atoms with Crippen LogP contribution < -0.4 is 9.47 Å². The highest BCUT2D eigenvalue weighted by Gasteiger charge is 2.30. The topological polar surface area (TPSA) is 52.6 Å². The van der Waals surface area contributed by atoms with E-state index in [1.807, 2.05) is 37.3 Å². The molecule has 0 amide bonds. The number of fused-ring (bicyclic) bond motifs is 1. The number of carbonyl (C=O) groups is 2. The number of aryl methyl sites for hydroxylation is 1. The van der Waals surface area contributed by atoms with E-state index >= 15 is 0 Å². The van der Waals surface area contributed by atoms with Crippen LogP contribution in [-0.4, -0.2) is 11.8 Å². The Morgan fingerprint density at radius 2 is 1.64 bits per heavy atom. The molecule has 0 unspecified atom stereocenters. The number of benzene rings is 3. The van der Waals surface area contributed by atoms with Crippen molar-refractivity contribution in [3.8, 4) is 11.5 Å². The zero-order valence-corrected chi connectivity index (χ0v) is 15.6. The van der Waals surface area contributed by atoms with Gasteiger partial charge in [0.1, 0.15) is 11.5 Å². The fourth-order valence-electron chi connectivity index (χ4n) is 3.03. The zero-order valence-electron chi connectivity index (χ0n) is 15.6. The molecule has 0 bridgehead atoms. The third kappa shape index (κ3) is 3.32. The highest BCUT2D eigenvalue weighted by atomic mass is 16.5. The van der Waals surface area contributed by atoms with E-state index in [0.29, 0.717) is 28.2 Å². The average Bonchev–Trinajstić information content (AvgIpc) is 3.03. The molecule has 0 aliphatic carbocycles. The Hall–Kier alpha value is -3.66. The summed E-state index contributed by atoms with van der Waals surface area (Å²) >= 11 is 0. The number of hydrogen-bond acceptors (Lipinski definition) is 4. The zero-order chi connectivity index (χ0) is 19.7. The number of esters is 1. The van der Waals surface area contributed by atoms with E-state index in [4.69, 9.17) is 9.47 Å². The maximum Gasteiger partial charge on any atom is 0.343 e. The first-order valence-corrected chi connectivity index (χ1v) is 8.94. The number of allylic oxidation sites excluding steroid dienone is 1. The molecular weight excluding hydrogens is 352 g/mol. The van der Waals surface area contributed by atoms with Gasteiger partial charge in [-0.15, -0.1) is 0 Å². The van der Waals surface area contributed by atoms with Gasteiger partial charge in [0.2, 0.25) is 5.78 Å². The van der Waals surface area contributed by atoms with Crippen LogP contribution in [0.15, 0.2) is 72.5 Å². The maximum atomic E-state index is 12.7. The van der Waals surface area contributed by atoms with Crippen LogP contribution in [0.2, 0.25) is 0 Å². The monoisotopic (exact) mass is 370 g/mol. The highest BCUT2D eigenvalue weighted by molar-refractivity contribution is 6.15. The second-order valence-corrected chi connectivity index (χ2v) is 6.67. The molecular formula is C24H18O4. The van der Waals surface area contributed by atoms with Crippen LogP contribution in [0.25, 0.3) is 6.08 Å². The molecule has 3 aromatic carbocycles. The Morgan fingerprint density at radius 1 is 0.929 bits per heavy atom. The minimum atomic E-state index is -0.455. The number of hydrogen-bond donors (Lipinski definition) is 0. The van der Waals surface area contributed by atoms with Crippen molar-refractivity contribution in [2.24, 2.45) is 0 Å². The Kier molecular flexibility index (Phi) is 4.53. The van der Waals surface area contributed by atoms with E-state index < -0.39 is 5.97 Å². The van der Waals surface area contributed by atoms with Gasteiger partial charge in [-0.2, -0.15) is 0 Å². The van der Waals surface area contributed by atoms with Gasteiger partial charge in [0.05, 0.1) is 11.1 Å². The van der Waals surface area contributed by atoms with Crippen molar-refractivity contribution in [3.05, 3.63) is 100 Å². The second kappa shape index (κ2) is 7.16. The fourth-order valence-corrected chi connectivity index (χ4v) is 3.03. The molecule has 0 saturated heterocycles. The summed E-state index contributed by atoms with van der Waals surface area (Å²) in [4.78, 5) is 25.0. The van der Waals surface area contributed by atoms with Crippen LogP contribution in [-0.2, 0) is 0 Å². The summed E-state index contributed by atoms with van der Waals surface area (Å²) in [6.45, 7) is 3.78. The molecule has 4 nitrogen and oxygen atoms in total. The first-order chi connectivity index (χ1) is 13.5. The largest absolute Gasteiger partial charge is 0.452 e. The number of carbonyl (C=O) groups excluding carboxylic acids is 2. The van der Waals surface area contributed by atoms with E-state index in [2.05, 4.69) is 0 Å². The van der Waals surface area contributed by atoms with Crippen molar-refractivity contribution in [1.29, 1.82) is 0 Å². The number of ether oxygens (including phenoxy) is 2. The van der Waals surface area contributed by atoms with E-state index in [-0.39, 0.29) is 11.5 Å². The molecule has 0 atom stereocenters. The van der Waals surface area contributed by atoms with Crippen LogP contribution in [0.3, 0.4) is 0 Å². The molecule has 28 heavy (non-hydrogen) atoms. The van der Waals surface area contributed by atoms with Gasteiger partial charge < -0.3 is 9.47 Å². The molecule has 0 N–H and O–H groups in total. The first-order valence-electron chi connectivity index (χ1n) is 8.94. The van der Waals surface area contributed by atoms with Crippen LogP contribution in [0.1, 0.15) is 37.4 Å². The maximum absolute atomic E-state index is 12.7. The Labute approximate surface area is 163 Å². The van der Waals surface area contributed by atoms with Gasteiger partial charge in [0.15, 0.2) is 5.76 Å². The summed E-state index contributed by atoms with van der Waals surface area (Å²) in [6.07, 6.45) is 1.72. The van der Waals surface area contributed by atoms with Crippen LogP contribution in [0.4, 0.5) is 0 Å². The molecule has 4 heteroatoms. The molecule has 1 aliphatic rings. The van der Waals surface area contributed by atoms with E-state index in [0.717, 1.165) is 11.1 Å². The Morgan fingerprint density at radius 3 is 2.36 bits per heavy atom. The van der Waals surface area contributed by atoms with Crippen LogP contribution in [0.5, 0.6) is 11.5 Å². The van der Waals surface area contributed by atoms with Crippen molar-refractivity contribution >= 4 is 17.8 Å². The third-order valence-electron chi connectivity index (χ3n) is 4.62. The van der Waals surface area contributed by atoms with Crippen molar-refractivity contribution in [1.82, 2.24) is 0 Å². The summed E-state index contributed by atoms with van der Waals surface area (Å²) in [7, 11) is 0. The quantitative estimate of drug-likeness (QED) is 0.364. The minimum Gasteiger partial charge on any atom is -0.452 e. The average molecular weight is 370 g/mol. The summed E-state index contributed by atoms with van der Waals surface area (Å²) in [5.41, 5.74) is 3.57. The Bertz CT molecular complexity index is 1090. The van der Waals surface area contributed by atoms with Gasteiger partial charge in [-0.1, -0.05) is 48.0 Å². The lowest BCUT2D eigenvalue weighted by atomic mass is 10.1. The highest BCUT2D eigenvalue weighted by Crippen LogP contribution is 2.39. The predicted molar refractivity (Wildman–Crippen MR) is 107 cm³/mol. The van der Waals surface area contributed by atoms with Gasteiger partial charge in [-0.25, -0.2) is 4.79 Å². The smallest absolute Gasteiger partial charge is 0.343 e. The van der Waals surface area contributed by atoms with Gasteiger partial charge in [0, 0.05) is 5.56 Å². The normalized spacial score (nSPS) is 13.9. The molecule has 0 spiro atoms. The van der Waals surface area contributed by atoms with Crippen molar-refractivity contribution in [3.63, 3.8) is 0 Å². The Balaban J connectivity index is 1.61. The first kappa shape index (κ1) is 17.7. The molecule has 0 aromatic heterocycles. The molecule has 0 fully saturated rings. The summed E-state index contributed by atoms with van der Waals surface area (Å²) in [5, 5.41) is 0. The lowest BCUT2D eigenvalue weighted by Gasteiger charge is -2.10. The van der Waals surface area contributed by atoms with E-state index in [1.54, 1.807) is 49.4 Å². The van der Waals surface area contributed by atoms with E-state index in [9.17, 15) is 9.59 Å². The lowest BCUT2D eigenvalue weighted by molar-refractivity contribution is 0.0733. The summed E-state index contributed by atoms with van der Waals surface area (Å²) < 4.78 is 11.3. The summed E-state index contributed by atoms with van der Waals surface area (Å²) in [6, 6.07) is 19.8. The van der Waals surface area contributed by atoms with Gasteiger partial charge in [0.25, 0.3) is 0 Å². The number of ketones is 1. The predicted octanol–water partition coefficient (Wildman–Crippen LogP) is 5.14. The third-order valence-corrected chi connectivity index (χ3v) is 4.62. The minimum absolute atomic E-state index is 0.181. The van der Waals surface area contributed by atoms with Gasteiger partial charge >= 0.3 is 5.97 Å². The van der Waals surface area contributed by atoms with Crippen molar-refractivity contribution in [2.75, 3.05) is 0 Å². The molecule has 4 rings (SSSR count). The molecule has 138 valence electrons. The molecule has 0 saturated carbocycles. The van der Waals surface area contributed by atoms with Crippen LogP contribution in [0, 0.1) is 13.8 Å². The standard InChI is InChI=1S/C24H18O4/c1-15-8-10-17(11-9-15)14-21-22(25)19-12-13-20(16(2)23(19)27-21)28-24(26)18-6-4-3-5-7-18/h3-14H,1-2H3/b21-14-. The summed E-state index contributed by atoms with van der Waals surface area (Å²) in [5.74, 6) is 0.426. The van der Waals surface area contributed by atoms with Crippen molar-refractivity contribution < 1.29 is 19.1 Å². The van der Waals surface area contributed by atoms with Gasteiger partial charge in [-0.3, -0.25) is 4.79 Å². The molecule has 1 aliphatic heterocycles. The van der Waals surface area contributed by atoms with E-state index in [1.165, 1.54) is 0 Å². The molecule has 3 aromatic rings. The lowest BCUT2D eigenvalue weighted by Crippen LogP contribution is -2.09. The van der Waals surface area contributed by atoms with Gasteiger partial charge in [-0.05, 0) is 49.8 Å². The molecule has 0 radical (unpaired) electrons.